The van der Waals surface area contributed by atoms with Gasteiger partial charge in [-0.05, 0) is 20.8 Å². The van der Waals surface area contributed by atoms with E-state index in [2.05, 4.69) is 4.98 Å². The Labute approximate surface area is 82.9 Å². The second-order valence-electron chi connectivity index (χ2n) is 2.98. The highest BCUT2D eigenvalue weighted by Gasteiger charge is 2.10. The zero-order valence-electron chi connectivity index (χ0n) is 8.33. The van der Waals surface area contributed by atoms with Crippen LogP contribution in [0.4, 0.5) is 0 Å². The van der Waals surface area contributed by atoms with E-state index in [1.807, 2.05) is 20.8 Å². The quantitative estimate of drug-likeness (QED) is 0.808. The molecule has 0 amide bonds. The van der Waals surface area contributed by atoms with Crippen molar-refractivity contribution in [2.75, 3.05) is 6.61 Å². The van der Waals surface area contributed by atoms with E-state index < -0.39 is 0 Å². The van der Waals surface area contributed by atoms with Crippen LogP contribution in [0.3, 0.4) is 0 Å². The molecule has 0 unspecified atom stereocenters. The van der Waals surface area contributed by atoms with Crippen molar-refractivity contribution in [2.24, 2.45) is 5.73 Å². The molecule has 0 aliphatic heterocycles. The number of rotatable bonds is 4. The molecule has 0 aromatic carbocycles. The second kappa shape index (κ2) is 4.69. The van der Waals surface area contributed by atoms with Gasteiger partial charge in [0.25, 0.3) is 0 Å². The fourth-order valence-corrected chi connectivity index (χ4v) is 2.10. The summed E-state index contributed by atoms with van der Waals surface area (Å²) >= 11 is 1.65. The summed E-state index contributed by atoms with van der Waals surface area (Å²) in [6.07, 6.45) is 0. The Balaban J connectivity index is 2.71. The molecule has 2 N–H and O–H groups in total. The average molecular weight is 200 g/mol. The lowest BCUT2D eigenvalue weighted by molar-refractivity contribution is 0.134. The van der Waals surface area contributed by atoms with Gasteiger partial charge in [-0.25, -0.2) is 4.98 Å². The highest BCUT2D eigenvalue weighted by Crippen LogP contribution is 2.23. The van der Waals surface area contributed by atoms with E-state index in [1.165, 1.54) is 0 Å². The van der Waals surface area contributed by atoms with Crippen molar-refractivity contribution in [1.29, 1.82) is 0 Å². The van der Waals surface area contributed by atoms with E-state index in [-0.39, 0.29) is 6.04 Å². The monoisotopic (exact) mass is 200 g/mol. The third kappa shape index (κ3) is 2.76. The fourth-order valence-electron chi connectivity index (χ4n) is 1.14. The summed E-state index contributed by atoms with van der Waals surface area (Å²) < 4.78 is 5.27. The fraction of sp³-hybridized carbons (Fsp3) is 0.667. The van der Waals surface area contributed by atoms with Crippen LogP contribution in [-0.2, 0) is 11.3 Å². The maximum absolute atomic E-state index is 5.79. The van der Waals surface area contributed by atoms with Crippen molar-refractivity contribution in [2.45, 2.75) is 33.4 Å². The first-order valence-electron chi connectivity index (χ1n) is 4.44. The molecule has 0 aliphatic carbocycles. The number of ether oxygens (including phenoxy) is 1. The summed E-state index contributed by atoms with van der Waals surface area (Å²) in [4.78, 5) is 5.54. The summed E-state index contributed by atoms with van der Waals surface area (Å²) in [5.41, 5.74) is 6.82. The first kappa shape index (κ1) is 10.6. The summed E-state index contributed by atoms with van der Waals surface area (Å²) in [7, 11) is 0. The van der Waals surface area contributed by atoms with E-state index in [9.17, 15) is 0 Å². The van der Waals surface area contributed by atoms with E-state index in [0.717, 1.165) is 22.2 Å². The minimum atomic E-state index is 0.0767. The largest absolute Gasteiger partial charge is 0.375 e. The Bertz CT molecular complexity index is 271. The smallest absolute Gasteiger partial charge is 0.119 e. The molecule has 1 rings (SSSR count). The molecule has 3 nitrogen and oxygen atoms in total. The SMILES string of the molecule is CCOCc1nc(C)c([C@H](C)N)s1. The van der Waals surface area contributed by atoms with Crippen LogP contribution in [0, 0.1) is 6.92 Å². The Kier molecular flexibility index (Phi) is 3.84. The molecular weight excluding hydrogens is 184 g/mol. The molecule has 1 aromatic heterocycles. The van der Waals surface area contributed by atoms with Gasteiger partial charge in [-0.15, -0.1) is 11.3 Å². The van der Waals surface area contributed by atoms with Crippen molar-refractivity contribution in [3.63, 3.8) is 0 Å². The van der Waals surface area contributed by atoms with E-state index in [0.29, 0.717) is 6.61 Å². The minimum absolute atomic E-state index is 0.0767. The number of nitrogens with two attached hydrogens (primary N) is 1. The van der Waals surface area contributed by atoms with Crippen molar-refractivity contribution in [3.8, 4) is 0 Å². The third-order valence-corrected chi connectivity index (χ3v) is 3.05. The summed E-state index contributed by atoms with van der Waals surface area (Å²) in [5, 5.41) is 1.02. The van der Waals surface area contributed by atoms with Gasteiger partial charge in [-0.2, -0.15) is 0 Å². The number of nitrogens with zero attached hydrogens (tertiary/aromatic N) is 1. The lowest BCUT2D eigenvalue weighted by Crippen LogP contribution is -2.03. The van der Waals surface area contributed by atoms with Crippen LogP contribution in [0.15, 0.2) is 0 Å². The van der Waals surface area contributed by atoms with Crippen LogP contribution in [0.1, 0.15) is 35.5 Å². The lowest BCUT2D eigenvalue weighted by Gasteiger charge is -1.99. The molecule has 0 bridgehead atoms. The van der Waals surface area contributed by atoms with Gasteiger partial charge in [0.1, 0.15) is 5.01 Å². The van der Waals surface area contributed by atoms with Crippen molar-refractivity contribution in [1.82, 2.24) is 4.98 Å². The molecule has 0 spiro atoms. The highest BCUT2D eigenvalue weighted by atomic mass is 32.1. The van der Waals surface area contributed by atoms with E-state index >= 15 is 0 Å². The minimum Gasteiger partial charge on any atom is -0.375 e. The highest BCUT2D eigenvalue weighted by molar-refractivity contribution is 7.11. The molecule has 0 fully saturated rings. The first-order chi connectivity index (χ1) is 6.15. The van der Waals surface area contributed by atoms with Gasteiger partial charge in [0.05, 0.1) is 12.3 Å². The van der Waals surface area contributed by atoms with E-state index in [4.69, 9.17) is 10.5 Å². The van der Waals surface area contributed by atoms with Gasteiger partial charge in [-0.3, -0.25) is 0 Å². The normalized spacial score (nSPS) is 13.2. The second-order valence-corrected chi connectivity index (χ2v) is 4.10. The van der Waals surface area contributed by atoms with Gasteiger partial charge in [0, 0.05) is 17.5 Å². The maximum Gasteiger partial charge on any atom is 0.119 e. The van der Waals surface area contributed by atoms with Crippen LogP contribution in [0.2, 0.25) is 0 Å². The molecule has 0 saturated carbocycles. The zero-order valence-corrected chi connectivity index (χ0v) is 9.15. The number of hydrogen-bond acceptors (Lipinski definition) is 4. The number of hydrogen-bond donors (Lipinski definition) is 1. The molecule has 0 aliphatic rings. The Morgan fingerprint density at radius 3 is 2.77 bits per heavy atom. The molecule has 13 heavy (non-hydrogen) atoms. The maximum atomic E-state index is 5.79. The van der Waals surface area contributed by atoms with Crippen LogP contribution in [-0.4, -0.2) is 11.6 Å². The van der Waals surface area contributed by atoms with Crippen molar-refractivity contribution < 1.29 is 4.74 Å². The Morgan fingerprint density at radius 1 is 1.62 bits per heavy atom. The summed E-state index contributed by atoms with van der Waals surface area (Å²) in [6, 6.07) is 0.0767. The topological polar surface area (TPSA) is 48.1 Å². The molecule has 4 heteroatoms. The van der Waals surface area contributed by atoms with Gasteiger partial charge < -0.3 is 10.5 Å². The van der Waals surface area contributed by atoms with Gasteiger partial charge in [-0.1, -0.05) is 0 Å². The molecule has 1 aromatic rings. The molecule has 0 saturated heterocycles. The van der Waals surface area contributed by atoms with Crippen molar-refractivity contribution >= 4 is 11.3 Å². The van der Waals surface area contributed by atoms with Crippen LogP contribution < -0.4 is 5.73 Å². The lowest BCUT2D eigenvalue weighted by atomic mass is 10.2. The molecule has 0 radical (unpaired) electrons. The first-order valence-corrected chi connectivity index (χ1v) is 5.26. The van der Waals surface area contributed by atoms with Crippen LogP contribution in [0.5, 0.6) is 0 Å². The number of aromatic nitrogens is 1. The molecule has 1 heterocycles. The average Bonchev–Trinajstić information content (AvgIpc) is 2.43. The van der Waals surface area contributed by atoms with Gasteiger partial charge in [0.2, 0.25) is 0 Å². The van der Waals surface area contributed by atoms with E-state index in [1.54, 1.807) is 11.3 Å². The predicted molar refractivity (Wildman–Crippen MR) is 54.8 cm³/mol. The van der Waals surface area contributed by atoms with Gasteiger partial charge in [0.15, 0.2) is 0 Å². The molecule has 74 valence electrons. The van der Waals surface area contributed by atoms with Crippen LogP contribution in [0.25, 0.3) is 0 Å². The third-order valence-electron chi connectivity index (χ3n) is 1.72. The standard InChI is InChI=1S/C9H16N2OS/c1-4-12-5-8-11-7(3)9(13-8)6(2)10/h6H,4-5,10H2,1-3H3/t6-/m0/s1. The molecular formula is C9H16N2OS. The summed E-state index contributed by atoms with van der Waals surface area (Å²) in [6.45, 7) is 7.28. The molecule has 1 atom stereocenters. The van der Waals surface area contributed by atoms with Crippen LogP contribution >= 0.6 is 11.3 Å². The van der Waals surface area contributed by atoms with Crippen molar-refractivity contribution in [3.05, 3.63) is 15.6 Å². The summed E-state index contributed by atoms with van der Waals surface area (Å²) in [5.74, 6) is 0. The Hall–Kier alpha value is -0.450. The Morgan fingerprint density at radius 2 is 2.31 bits per heavy atom. The van der Waals surface area contributed by atoms with Gasteiger partial charge >= 0.3 is 0 Å². The number of thiazole rings is 1. The predicted octanol–water partition coefficient (Wildman–Crippen LogP) is 2.01. The zero-order chi connectivity index (χ0) is 9.84. The number of aryl methyl sites for hydroxylation is 1.